The second-order valence-electron chi connectivity index (χ2n) is 6.23. The molecule has 1 aliphatic carbocycles. The van der Waals surface area contributed by atoms with Crippen molar-refractivity contribution in [2.75, 3.05) is 26.3 Å². The average Bonchev–Trinajstić information content (AvgIpc) is 2.82. The van der Waals surface area contributed by atoms with Gasteiger partial charge in [0.2, 0.25) is 5.91 Å². The first kappa shape index (κ1) is 16.1. The van der Waals surface area contributed by atoms with Crippen molar-refractivity contribution in [1.82, 2.24) is 10.2 Å². The minimum Gasteiger partial charge on any atom is -0.448 e. The molecular formula is C15H26N2O4. The number of carbonyl (C=O) groups is 2. The Balaban J connectivity index is 1.63. The van der Waals surface area contributed by atoms with Crippen LogP contribution < -0.4 is 5.32 Å². The summed E-state index contributed by atoms with van der Waals surface area (Å²) in [7, 11) is 0. The number of rotatable bonds is 6. The van der Waals surface area contributed by atoms with Crippen molar-refractivity contribution >= 4 is 12.0 Å². The molecule has 1 aliphatic heterocycles. The van der Waals surface area contributed by atoms with Gasteiger partial charge in [-0.05, 0) is 25.7 Å². The molecule has 2 rings (SSSR count). The smallest absolute Gasteiger partial charge is 0.410 e. The molecule has 3 atom stereocenters. The quantitative estimate of drug-likeness (QED) is 0.807. The van der Waals surface area contributed by atoms with Crippen LogP contribution in [-0.4, -0.2) is 55.3 Å². The Kier molecular flexibility index (Phi) is 5.85. The van der Waals surface area contributed by atoms with E-state index >= 15 is 0 Å². The molecule has 2 amide bonds. The van der Waals surface area contributed by atoms with Crippen LogP contribution in [0.5, 0.6) is 0 Å². The standard InChI is InChI=1S/C15H26N2O4/c1-11-4-3-5-13(8-11)21-10-14(18)16-12(2)9-17-6-7-20-15(17)19/h11-13H,3-10H2,1-2H3,(H,16,18)/t11-,12-,13+/m1/s1. The molecule has 0 aromatic heterocycles. The molecule has 1 saturated heterocycles. The van der Waals surface area contributed by atoms with Crippen LogP contribution in [0.15, 0.2) is 0 Å². The maximum atomic E-state index is 11.9. The lowest BCUT2D eigenvalue weighted by molar-refractivity contribution is -0.129. The van der Waals surface area contributed by atoms with Crippen LogP contribution in [0.4, 0.5) is 4.79 Å². The van der Waals surface area contributed by atoms with Gasteiger partial charge < -0.3 is 19.7 Å². The molecule has 6 heteroatoms. The highest BCUT2D eigenvalue weighted by atomic mass is 16.6. The van der Waals surface area contributed by atoms with Gasteiger partial charge in [-0.15, -0.1) is 0 Å². The number of cyclic esters (lactones) is 1. The molecule has 0 bridgehead atoms. The molecule has 2 aliphatic rings. The Hall–Kier alpha value is -1.30. The lowest BCUT2D eigenvalue weighted by Crippen LogP contribution is -2.44. The second-order valence-corrected chi connectivity index (χ2v) is 6.23. The number of nitrogens with zero attached hydrogens (tertiary/aromatic N) is 1. The largest absolute Gasteiger partial charge is 0.448 e. The summed E-state index contributed by atoms with van der Waals surface area (Å²) >= 11 is 0. The lowest BCUT2D eigenvalue weighted by atomic mass is 9.89. The van der Waals surface area contributed by atoms with Crippen LogP contribution in [-0.2, 0) is 14.3 Å². The number of nitrogens with one attached hydrogen (secondary N) is 1. The van der Waals surface area contributed by atoms with Gasteiger partial charge in [-0.25, -0.2) is 4.79 Å². The second kappa shape index (κ2) is 7.64. The van der Waals surface area contributed by atoms with Crippen molar-refractivity contribution < 1.29 is 19.1 Å². The minimum atomic E-state index is -0.302. The van der Waals surface area contributed by atoms with Crippen LogP contribution in [0.2, 0.25) is 0 Å². The summed E-state index contributed by atoms with van der Waals surface area (Å²) in [6.07, 6.45) is 4.44. The van der Waals surface area contributed by atoms with Gasteiger partial charge in [-0.3, -0.25) is 4.79 Å². The van der Waals surface area contributed by atoms with Crippen molar-refractivity contribution in [3.63, 3.8) is 0 Å². The Morgan fingerprint density at radius 1 is 1.52 bits per heavy atom. The monoisotopic (exact) mass is 298 g/mol. The van der Waals surface area contributed by atoms with Gasteiger partial charge in [0.15, 0.2) is 0 Å². The minimum absolute atomic E-state index is 0.1000. The molecule has 0 spiro atoms. The van der Waals surface area contributed by atoms with Gasteiger partial charge in [0.05, 0.1) is 12.6 Å². The SMILES string of the molecule is C[C@@H]1CCC[C@H](OCC(=O)N[C@H](C)CN2CCOC2=O)C1. The van der Waals surface area contributed by atoms with Gasteiger partial charge in [0.25, 0.3) is 0 Å². The van der Waals surface area contributed by atoms with E-state index in [1.807, 2.05) is 6.92 Å². The van der Waals surface area contributed by atoms with Crippen LogP contribution in [0.25, 0.3) is 0 Å². The zero-order valence-electron chi connectivity index (χ0n) is 13.0. The van der Waals surface area contributed by atoms with Crippen molar-refractivity contribution in [2.24, 2.45) is 5.92 Å². The summed E-state index contributed by atoms with van der Waals surface area (Å²) in [5.41, 5.74) is 0. The van der Waals surface area contributed by atoms with E-state index in [4.69, 9.17) is 9.47 Å². The highest BCUT2D eigenvalue weighted by molar-refractivity contribution is 5.77. The van der Waals surface area contributed by atoms with Gasteiger partial charge in [0, 0.05) is 12.6 Å². The number of hydrogen-bond acceptors (Lipinski definition) is 4. The fourth-order valence-electron chi connectivity index (χ4n) is 3.01. The predicted octanol–water partition coefficient (Wildman–Crippen LogP) is 1.54. The zero-order chi connectivity index (χ0) is 15.2. The molecule has 1 N–H and O–H groups in total. The normalized spacial score (nSPS) is 27.3. The van der Waals surface area contributed by atoms with E-state index < -0.39 is 0 Å². The van der Waals surface area contributed by atoms with Crippen molar-refractivity contribution in [2.45, 2.75) is 51.7 Å². The van der Waals surface area contributed by atoms with Crippen molar-refractivity contribution in [3.05, 3.63) is 0 Å². The number of carbonyl (C=O) groups excluding carboxylic acids is 2. The maximum Gasteiger partial charge on any atom is 0.410 e. The van der Waals surface area contributed by atoms with E-state index in [0.717, 1.165) is 12.8 Å². The topological polar surface area (TPSA) is 67.9 Å². The Morgan fingerprint density at radius 2 is 2.33 bits per heavy atom. The third kappa shape index (κ3) is 5.19. The Bertz CT molecular complexity index is 375. The average molecular weight is 298 g/mol. The molecule has 0 radical (unpaired) electrons. The third-order valence-electron chi connectivity index (χ3n) is 4.08. The first-order valence-electron chi connectivity index (χ1n) is 7.87. The third-order valence-corrected chi connectivity index (χ3v) is 4.08. The molecule has 0 aromatic carbocycles. The molecule has 120 valence electrons. The maximum absolute atomic E-state index is 11.9. The molecule has 21 heavy (non-hydrogen) atoms. The van der Waals surface area contributed by atoms with E-state index in [9.17, 15) is 9.59 Å². The highest BCUT2D eigenvalue weighted by Crippen LogP contribution is 2.25. The summed E-state index contributed by atoms with van der Waals surface area (Å²) in [6.45, 7) is 5.72. The molecular weight excluding hydrogens is 272 g/mol. The predicted molar refractivity (Wildman–Crippen MR) is 77.9 cm³/mol. The molecule has 1 heterocycles. The van der Waals surface area contributed by atoms with Crippen LogP contribution in [0.1, 0.15) is 39.5 Å². The van der Waals surface area contributed by atoms with Gasteiger partial charge in [0.1, 0.15) is 13.2 Å². The number of ether oxygens (including phenoxy) is 2. The molecule has 0 unspecified atom stereocenters. The summed E-state index contributed by atoms with van der Waals surface area (Å²) in [5, 5.41) is 2.86. The number of amides is 2. The molecule has 1 saturated carbocycles. The van der Waals surface area contributed by atoms with Crippen molar-refractivity contribution in [3.8, 4) is 0 Å². The van der Waals surface area contributed by atoms with E-state index in [-0.39, 0.29) is 30.8 Å². The van der Waals surface area contributed by atoms with E-state index in [2.05, 4.69) is 12.2 Å². The molecule has 2 fully saturated rings. The summed E-state index contributed by atoms with van der Waals surface area (Å²) in [4.78, 5) is 24.8. The number of hydrogen-bond donors (Lipinski definition) is 1. The first-order valence-corrected chi connectivity index (χ1v) is 7.87. The van der Waals surface area contributed by atoms with Gasteiger partial charge >= 0.3 is 6.09 Å². The Labute approximate surface area is 126 Å². The fourth-order valence-corrected chi connectivity index (χ4v) is 3.01. The first-order chi connectivity index (χ1) is 10.0. The lowest BCUT2D eigenvalue weighted by Gasteiger charge is -2.27. The van der Waals surface area contributed by atoms with Crippen LogP contribution in [0, 0.1) is 5.92 Å². The zero-order valence-corrected chi connectivity index (χ0v) is 13.0. The van der Waals surface area contributed by atoms with E-state index in [1.54, 1.807) is 4.90 Å². The summed E-state index contributed by atoms with van der Waals surface area (Å²) < 4.78 is 10.5. The molecule has 0 aromatic rings. The fraction of sp³-hybridized carbons (Fsp3) is 0.867. The Morgan fingerprint density at radius 3 is 3.00 bits per heavy atom. The van der Waals surface area contributed by atoms with Crippen molar-refractivity contribution in [1.29, 1.82) is 0 Å². The van der Waals surface area contributed by atoms with Gasteiger partial charge in [-0.2, -0.15) is 0 Å². The molecule has 6 nitrogen and oxygen atoms in total. The van der Waals surface area contributed by atoms with E-state index in [1.165, 1.54) is 12.8 Å². The van der Waals surface area contributed by atoms with Crippen LogP contribution >= 0.6 is 0 Å². The summed E-state index contributed by atoms with van der Waals surface area (Å²) in [6, 6.07) is -0.1000. The summed E-state index contributed by atoms with van der Waals surface area (Å²) in [5.74, 6) is 0.570. The van der Waals surface area contributed by atoms with E-state index in [0.29, 0.717) is 25.6 Å². The van der Waals surface area contributed by atoms with Crippen LogP contribution in [0.3, 0.4) is 0 Å². The van der Waals surface area contributed by atoms with Gasteiger partial charge in [-0.1, -0.05) is 19.8 Å². The highest BCUT2D eigenvalue weighted by Gasteiger charge is 2.24.